The zero-order valence-electron chi connectivity index (χ0n) is 11.8. The molecule has 0 bridgehead atoms. The van der Waals surface area contributed by atoms with Gasteiger partial charge in [0.15, 0.2) is 0 Å². The molecule has 20 heavy (non-hydrogen) atoms. The first kappa shape index (κ1) is 13.8. The summed E-state index contributed by atoms with van der Waals surface area (Å²) in [6, 6.07) is 8.31. The summed E-state index contributed by atoms with van der Waals surface area (Å²) in [5.74, 6) is 0.294. The van der Waals surface area contributed by atoms with Gasteiger partial charge in [-0.05, 0) is 36.8 Å². The van der Waals surface area contributed by atoms with E-state index in [2.05, 4.69) is 18.2 Å². The van der Waals surface area contributed by atoms with E-state index in [0.717, 1.165) is 38.9 Å². The molecule has 1 aromatic rings. The third-order valence-electron chi connectivity index (χ3n) is 4.27. The lowest BCUT2D eigenvalue weighted by molar-refractivity contribution is -0.123. The maximum absolute atomic E-state index is 12.1. The number of carbonyl (C=O) groups is 1. The molecular weight excluding hydrogens is 252 g/mol. The summed E-state index contributed by atoms with van der Waals surface area (Å²) in [6.07, 6.45) is 5.45. The van der Waals surface area contributed by atoms with E-state index in [9.17, 15) is 4.79 Å². The van der Waals surface area contributed by atoms with Crippen LogP contribution < -0.4 is 0 Å². The fraction of sp³-hybridized carbons (Fsp3) is 0.588. The van der Waals surface area contributed by atoms with Crippen molar-refractivity contribution in [2.24, 2.45) is 0 Å². The van der Waals surface area contributed by atoms with Gasteiger partial charge in [-0.2, -0.15) is 0 Å². The third-order valence-corrected chi connectivity index (χ3v) is 4.27. The number of rotatable bonds is 5. The molecule has 2 aliphatic rings. The van der Waals surface area contributed by atoms with Gasteiger partial charge in [0.25, 0.3) is 0 Å². The Labute approximate surface area is 120 Å². The molecule has 1 aromatic carbocycles. The largest absolute Gasteiger partial charge is 0.378 e. The normalized spacial score (nSPS) is 25.4. The van der Waals surface area contributed by atoms with Crippen LogP contribution in [-0.4, -0.2) is 25.1 Å². The fourth-order valence-electron chi connectivity index (χ4n) is 3.15. The van der Waals surface area contributed by atoms with Crippen molar-refractivity contribution in [1.82, 2.24) is 0 Å². The molecule has 3 heteroatoms. The summed E-state index contributed by atoms with van der Waals surface area (Å²) in [5, 5.41) is 0. The number of ketones is 1. The summed E-state index contributed by atoms with van der Waals surface area (Å²) in [4.78, 5) is 12.1. The number of fused-ring (bicyclic) bond motifs is 1. The minimum atomic E-state index is -0.0445. The standard InChI is InChI=1S/C17H22O3/c18-14(7-8-15-5-3-10-19-15)12-17-16-6-2-1-4-13(16)9-11-20-17/h1-2,4,6,15,17H,3,5,7-12H2. The third kappa shape index (κ3) is 3.28. The zero-order chi connectivity index (χ0) is 13.8. The van der Waals surface area contributed by atoms with Crippen LogP contribution in [0, 0.1) is 0 Å². The lowest BCUT2D eigenvalue weighted by atomic mass is 9.93. The lowest BCUT2D eigenvalue weighted by Crippen LogP contribution is -2.19. The monoisotopic (exact) mass is 274 g/mol. The summed E-state index contributed by atoms with van der Waals surface area (Å²) in [6.45, 7) is 1.58. The van der Waals surface area contributed by atoms with Gasteiger partial charge in [0.2, 0.25) is 0 Å². The molecule has 108 valence electrons. The summed E-state index contributed by atoms with van der Waals surface area (Å²) < 4.78 is 11.4. The van der Waals surface area contributed by atoms with Gasteiger partial charge in [-0.15, -0.1) is 0 Å². The second-order valence-electron chi connectivity index (χ2n) is 5.72. The number of ether oxygens (including phenoxy) is 2. The Morgan fingerprint density at radius 2 is 2.10 bits per heavy atom. The van der Waals surface area contributed by atoms with Crippen LogP contribution in [0.4, 0.5) is 0 Å². The van der Waals surface area contributed by atoms with Crippen molar-refractivity contribution < 1.29 is 14.3 Å². The molecule has 0 radical (unpaired) electrons. The summed E-state index contributed by atoms with van der Waals surface area (Å²) >= 11 is 0. The van der Waals surface area contributed by atoms with Gasteiger partial charge in [-0.3, -0.25) is 4.79 Å². The van der Waals surface area contributed by atoms with E-state index in [4.69, 9.17) is 9.47 Å². The van der Waals surface area contributed by atoms with Crippen LogP contribution in [0.3, 0.4) is 0 Å². The van der Waals surface area contributed by atoms with E-state index in [1.807, 2.05) is 6.07 Å². The van der Waals surface area contributed by atoms with Gasteiger partial charge >= 0.3 is 0 Å². The van der Waals surface area contributed by atoms with Crippen molar-refractivity contribution in [1.29, 1.82) is 0 Å². The summed E-state index contributed by atoms with van der Waals surface area (Å²) in [7, 11) is 0. The van der Waals surface area contributed by atoms with Crippen molar-refractivity contribution in [3.05, 3.63) is 35.4 Å². The number of Topliss-reactive ketones (excluding diaryl/α,β-unsaturated/α-hetero) is 1. The van der Waals surface area contributed by atoms with E-state index in [1.165, 1.54) is 11.1 Å². The molecule has 0 saturated carbocycles. The number of carbonyl (C=O) groups excluding carboxylic acids is 1. The first-order valence-electron chi connectivity index (χ1n) is 7.65. The highest BCUT2D eigenvalue weighted by atomic mass is 16.5. The van der Waals surface area contributed by atoms with Crippen molar-refractivity contribution in [2.45, 2.75) is 50.7 Å². The van der Waals surface area contributed by atoms with E-state index >= 15 is 0 Å². The van der Waals surface area contributed by atoms with E-state index in [-0.39, 0.29) is 6.10 Å². The molecule has 0 aromatic heterocycles. The first-order chi connectivity index (χ1) is 9.83. The molecule has 1 saturated heterocycles. The second-order valence-corrected chi connectivity index (χ2v) is 5.72. The maximum Gasteiger partial charge on any atom is 0.135 e. The van der Waals surface area contributed by atoms with Gasteiger partial charge < -0.3 is 9.47 Å². The number of benzene rings is 1. The van der Waals surface area contributed by atoms with Gasteiger partial charge in [0.05, 0.1) is 18.8 Å². The number of hydrogen-bond donors (Lipinski definition) is 0. The minimum Gasteiger partial charge on any atom is -0.378 e. The molecule has 1 fully saturated rings. The van der Waals surface area contributed by atoms with Crippen LogP contribution in [0.25, 0.3) is 0 Å². The fourth-order valence-corrected chi connectivity index (χ4v) is 3.15. The first-order valence-corrected chi connectivity index (χ1v) is 7.65. The Bertz CT molecular complexity index is 463. The zero-order valence-corrected chi connectivity index (χ0v) is 11.8. The van der Waals surface area contributed by atoms with E-state index in [0.29, 0.717) is 24.7 Å². The quantitative estimate of drug-likeness (QED) is 0.827. The Morgan fingerprint density at radius 3 is 2.95 bits per heavy atom. The van der Waals surface area contributed by atoms with Crippen molar-refractivity contribution in [2.75, 3.05) is 13.2 Å². The SMILES string of the molecule is O=C(CCC1CCCO1)CC1OCCc2ccccc21. The molecule has 3 rings (SSSR count). The van der Waals surface area contributed by atoms with Crippen molar-refractivity contribution >= 4 is 5.78 Å². The van der Waals surface area contributed by atoms with Crippen LogP contribution >= 0.6 is 0 Å². The molecule has 0 amide bonds. The second kappa shape index (κ2) is 6.51. The molecule has 0 spiro atoms. The smallest absolute Gasteiger partial charge is 0.135 e. The predicted molar refractivity (Wildman–Crippen MR) is 76.7 cm³/mol. The Kier molecular flexibility index (Phi) is 4.48. The van der Waals surface area contributed by atoms with Crippen LogP contribution in [0.1, 0.15) is 49.3 Å². The molecule has 2 unspecified atom stereocenters. The Morgan fingerprint density at radius 1 is 1.20 bits per heavy atom. The maximum atomic E-state index is 12.1. The molecule has 0 aliphatic carbocycles. The van der Waals surface area contributed by atoms with Crippen LogP contribution in [0.15, 0.2) is 24.3 Å². The van der Waals surface area contributed by atoms with E-state index < -0.39 is 0 Å². The topological polar surface area (TPSA) is 35.5 Å². The highest BCUT2D eigenvalue weighted by Gasteiger charge is 2.24. The Hall–Kier alpha value is -1.19. The average molecular weight is 274 g/mol. The average Bonchev–Trinajstić information content (AvgIpc) is 2.99. The number of hydrogen-bond acceptors (Lipinski definition) is 3. The van der Waals surface area contributed by atoms with E-state index in [1.54, 1.807) is 0 Å². The molecule has 3 nitrogen and oxygen atoms in total. The highest BCUT2D eigenvalue weighted by Crippen LogP contribution is 2.30. The molecule has 2 atom stereocenters. The van der Waals surface area contributed by atoms with Gasteiger partial charge in [0, 0.05) is 19.4 Å². The van der Waals surface area contributed by atoms with Gasteiger partial charge in [-0.1, -0.05) is 24.3 Å². The van der Waals surface area contributed by atoms with Crippen LogP contribution in [0.5, 0.6) is 0 Å². The Balaban J connectivity index is 1.54. The summed E-state index contributed by atoms with van der Waals surface area (Å²) in [5.41, 5.74) is 2.53. The van der Waals surface area contributed by atoms with Crippen molar-refractivity contribution in [3.63, 3.8) is 0 Å². The molecule has 0 N–H and O–H groups in total. The molecule has 2 heterocycles. The van der Waals surface area contributed by atoms with Crippen LogP contribution in [0.2, 0.25) is 0 Å². The molecular formula is C17H22O3. The van der Waals surface area contributed by atoms with Gasteiger partial charge in [0.1, 0.15) is 5.78 Å². The minimum absolute atomic E-state index is 0.0445. The lowest BCUT2D eigenvalue weighted by Gasteiger charge is -2.25. The highest BCUT2D eigenvalue weighted by molar-refractivity contribution is 5.79. The van der Waals surface area contributed by atoms with Gasteiger partial charge in [-0.25, -0.2) is 0 Å². The van der Waals surface area contributed by atoms with Crippen molar-refractivity contribution in [3.8, 4) is 0 Å². The van der Waals surface area contributed by atoms with Crippen LogP contribution in [-0.2, 0) is 20.7 Å². The predicted octanol–water partition coefficient (Wildman–Crippen LogP) is 3.22. The molecule has 2 aliphatic heterocycles.